The fourth-order valence-electron chi connectivity index (χ4n) is 2.40. The standard InChI is InChI=1S/C16H22N4O2S.ClH/c21-15(9-14-10-23-8-7-17-14)18-11-1-3-12(4-2-11)19-16(22)20-13-5-6-13;/h1-4,13-14,17H,5-10H2,(H,18,21)(H2,19,20,22);1H. The molecule has 1 aromatic rings. The summed E-state index contributed by atoms with van der Waals surface area (Å²) >= 11 is 1.88. The van der Waals surface area contributed by atoms with E-state index in [2.05, 4.69) is 21.3 Å². The molecule has 1 saturated heterocycles. The summed E-state index contributed by atoms with van der Waals surface area (Å²) in [5.74, 6) is 2.10. The lowest BCUT2D eigenvalue weighted by atomic mass is 10.2. The minimum Gasteiger partial charge on any atom is -0.335 e. The zero-order valence-corrected chi connectivity index (χ0v) is 15.0. The van der Waals surface area contributed by atoms with E-state index < -0.39 is 0 Å². The highest BCUT2D eigenvalue weighted by atomic mass is 35.5. The van der Waals surface area contributed by atoms with Crippen LogP contribution >= 0.6 is 24.2 Å². The molecule has 0 spiro atoms. The summed E-state index contributed by atoms with van der Waals surface area (Å²) in [7, 11) is 0. The maximum Gasteiger partial charge on any atom is 0.319 e. The summed E-state index contributed by atoms with van der Waals surface area (Å²) in [4.78, 5) is 23.7. The maximum atomic E-state index is 12.0. The normalized spacial score (nSPS) is 19.8. The summed E-state index contributed by atoms with van der Waals surface area (Å²) in [6, 6.07) is 7.58. The number of anilines is 2. The van der Waals surface area contributed by atoms with E-state index in [-0.39, 0.29) is 30.4 Å². The van der Waals surface area contributed by atoms with E-state index in [0.717, 1.165) is 36.6 Å². The van der Waals surface area contributed by atoms with Gasteiger partial charge in [-0.1, -0.05) is 0 Å². The molecular weight excluding hydrogens is 348 g/mol. The van der Waals surface area contributed by atoms with Crippen molar-refractivity contribution in [1.29, 1.82) is 0 Å². The van der Waals surface area contributed by atoms with E-state index in [9.17, 15) is 9.59 Å². The number of urea groups is 1. The predicted octanol–water partition coefficient (Wildman–Crippen LogP) is 2.43. The molecule has 24 heavy (non-hydrogen) atoms. The Balaban J connectivity index is 0.00000208. The zero-order chi connectivity index (χ0) is 16.1. The van der Waals surface area contributed by atoms with E-state index in [1.165, 1.54) is 0 Å². The molecule has 1 aliphatic heterocycles. The van der Waals surface area contributed by atoms with Crippen LogP contribution in [0.1, 0.15) is 19.3 Å². The van der Waals surface area contributed by atoms with Crippen molar-refractivity contribution < 1.29 is 9.59 Å². The summed E-state index contributed by atoms with van der Waals surface area (Å²) < 4.78 is 0. The van der Waals surface area contributed by atoms with E-state index in [4.69, 9.17) is 0 Å². The second kappa shape index (κ2) is 9.15. The minimum absolute atomic E-state index is 0. The van der Waals surface area contributed by atoms with E-state index in [0.29, 0.717) is 18.2 Å². The van der Waals surface area contributed by atoms with Crippen LogP contribution in [0.3, 0.4) is 0 Å². The third-order valence-electron chi connectivity index (χ3n) is 3.77. The van der Waals surface area contributed by atoms with Gasteiger partial charge in [-0.05, 0) is 37.1 Å². The highest BCUT2D eigenvalue weighted by molar-refractivity contribution is 7.99. The number of hydrogen-bond donors (Lipinski definition) is 4. The van der Waals surface area contributed by atoms with Gasteiger partial charge in [-0.15, -0.1) is 12.4 Å². The molecule has 2 fully saturated rings. The highest BCUT2D eigenvalue weighted by Crippen LogP contribution is 2.19. The molecule has 0 bridgehead atoms. The molecule has 1 saturated carbocycles. The Kier molecular flexibility index (Phi) is 7.20. The largest absolute Gasteiger partial charge is 0.335 e. The molecule has 1 heterocycles. The third kappa shape index (κ3) is 6.22. The zero-order valence-electron chi connectivity index (χ0n) is 13.3. The van der Waals surface area contributed by atoms with Gasteiger partial charge >= 0.3 is 6.03 Å². The van der Waals surface area contributed by atoms with Crippen LogP contribution < -0.4 is 21.3 Å². The van der Waals surface area contributed by atoms with Crippen LogP contribution in [-0.4, -0.2) is 42.1 Å². The SMILES string of the molecule is Cl.O=C(CC1CSCCN1)Nc1ccc(NC(=O)NC2CC2)cc1. The maximum absolute atomic E-state index is 12.0. The van der Waals surface area contributed by atoms with Crippen molar-refractivity contribution in [3.05, 3.63) is 24.3 Å². The minimum atomic E-state index is -0.176. The highest BCUT2D eigenvalue weighted by Gasteiger charge is 2.23. The van der Waals surface area contributed by atoms with Crippen molar-refractivity contribution >= 4 is 47.5 Å². The van der Waals surface area contributed by atoms with E-state index in [1.54, 1.807) is 24.3 Å². The number of carbonyl (C=O) groups excluding carboxylic acids is 2. The monoisotopic (exact) mass is 370 g/mol. The number of benzene rings is 1. The molecule has 3 rings (SSSR count). The van der Waals surface area contributed by atoms with Gasteiger partial charge < -0.3 is 21.3 Å². The first kappa shape index (κ1) is 18.9. The van der Waals surface area contributed by atoms with Crippen molar-refractivity contribution in [2.45, 2.75) is 31.3 Å². The first-order chi connectivity index (χ1) is 11.2. The van der Waals surface area contributed by atoms with Gasteiger partial charge in [-0.2, -0.15) is 11.8 Å². The van der Waals surface area contributed by atoms with Crippen LogP contribution in [0.25, 0.3) is 0 Å². The van der Waals surface area contributed by atoms with Crippen LogP contribution in [0.15, 0.2) is 24.3 Å². The molecule has 0 aromatic heterocycles. The smallest absolute Gasteiger partial charge is 0.319 e. The van der Waals surface area contributed by atoms with Gasteiger partial charge in [-0.25, -0.2) is 4.79 Å². The van der Waals surface area contributed by atoms with Crippen molar-refractivity contribution in [1.82, 2.24) is 10.6 Å². The average Bonchev–Trinajstić information content (AvgIpc) is 3.34. The molecule has 8 heteroatoms. The summed E-state index contributed by atoms with van der Waals surface area (Å²) in [5, 5.41) is 11.9. The van der Waals surface area contributed by atoms with Crippen molar-refractivity contribution in [2.24, 2.45) is 0 Å². The first-order valence-corrected chi connectivity index (χ1v) is 9.13. The quantitative estimate of drug-likeness (QED) is 0.641. The van der Waals surface area contributed by atoms with Crippen LogP contribution in [-0.2, 0) is 4.79 Å². The van der Waals surface area contributed by atoms with Gasteiger partial charge in [0, 0.05) is 47.9 Å². The Bertz CT molecular complexity index is 560. The van der Waals surface area contributed by atoms with Gasteiger partial charge in [0.2, 0.25) is 5.91 Å². The van der Waals surface area contributed by atoms with E-state index in [1.807, 2.05) is 11.8 Å². The number of nitrogens with one attached hydrogen (secondary N) is 4. The van der Waals surface area contributed by atoms with Crippen molar-refractivity contribution in [3.8, 4) is 0 Å². The molecule has 6 nitrogen and oxygen atoms in total. The van der Waals surface area contributed by atoms with Crippen LogP contribution in [0.2, 0.25) is 0 Å². The summed E-state index contributed by atoms with van der Waals surface area (Å²) in [6.45, 7) is 0.964. The van der Waals surface area contributed by atoms with E-state index >= 15 is 0 Å². The van der Waals surface area contributed by atoms with Gasteiger partial charge in [0.25, 0.3) is 0 Å². The number of carbonyl (C=O) groups is 2. The third-order valence-corrected chi connectivity index (χ3v) is 4.90. The molecule has 1 atom stereocenters. The Morgan fingerprint density at radius 2 is 1.79 bits per heavy atom. The van der Waals surface area contributed by atoms with Crippen LogP contribution in [0.4, 0.5) is 16.2 Å². The van der Waals surface area contributed by atoms with Crippen LogP contribution in [0, 0.1) is 0 Å². The Morgan fingerprint density at radius 1 is 1.12 bits per heavy atom. The van der Waals surface area contributed by atoms with Gasteiger partial charge in [0.05, 0.1) is 0 Å². The molecule has 1 aliphatic carbocycles. The lowest BCUT2D eigenvalue weighted by Gasteiger charge is -2.22. The second-order valence-electron chi connectivity index (χ2n) is 5.93. The first-order valence-electron chi connectivity index (χ1n) is 7.97. The molecule has 132 valence electrons. The predicted molar refractivity (Wildman–Crippen MR) is 101 cm³/mol. The topological polar surface area (TPSA) is 82.3 Å². The number of amides is 3. The number of halogens is 1. The Morgan fingerprint density at radius 3 is 2.38 bits per heavy atom. The van der Waals surface area contributed by atoms with Crippen molar-refractivity contribution in [2.75, 3.05) is 28.7 Å². The Hall–Kier alpha value is -1.44. The van der Waals surface area contributed by atoms with Crippen molar-refractivity contribution in [3.63, 3.8) is 0 Å². The molecule has 1 unspecified atom stereocenters. The molecule has 4 N–H and O–H groups in total. The van der Waals surface area contributed by atoms with Gasteiger partial charge in [0.1, 0.15) is 0 Å². The lowest BCUT2D eigenvalue weighted by molar-refractivity contribution is -0.116. The summed E-state index contributed by atoms with van der Waals surface area (Å²) in [6.07, 6.45) is 2.61. The number of thioether (sulfide) groups is 1. The average molecular weight is 371 g/mol. The second-order valence-corrected chi connectivity index (χ2v) is 7.08. The Labute approximate surface area is 152 Å². The number of hydrogen-bond acceptors (Lipinski definition) is 4. The van der Waals surface area contributed by atoms with Gasteiger partial charge in [0.15, 0.2) is 0 Å². The fourth-order valence-corrected chi connectivity index (χ4v) is 3.35. The molecular formula is C16H23ClN4O2S. The molecule has 0 radical (unpaired) electrons. The van der Waals surface area contributed by atoms with Crippen LogP contribution in [0.5, 0.6) is 0 Å². The fraction of sp³-hybridized carbons (Fsp3) is 0.500. The summed E-state index contributed by atoms with van der Waals surface area (Å²) in [5.41, 5.74) is 1.46. The lowest BCUT2D eigenvalue weighted by Crippen LogP contribution is -2.39. The molecule has 3 amide bonds. The van der Waals surface area contributed by atoms with Gasteiger partial charge in [-0.3, -0.25) is 4.79 Å². The number of rotatable bonds is 5. The molecule has 1 aromatic carbocycles. The molecule has 2 aliphatic rings.